The first-order valence-electron chi connectivity index (χ1n) is 10.2. The lowest BCUT2D eigenvalue weighted by atomic mass is 9.94. The maximum Gasteiger partial charge on any atom is 0.271 e. The smallest absolute Gasteiger partial charge is 0.271 e. The number of nitrogens with one attached hydrogen (secondary N) is 1. The molecule has 3 N–H and O–H groups in total. The fourth-order valence-electron chi connectivity index (χ4n) is 4.18. The number of hydrogen-bond acceptors (Lipinski definition) is 4. The lowest BCUT2D eigenvalue weighted by Gasteiger charge is -2.18. The lowest BCUT2D eigenvalue weighted by Crippen LogP contribution is -2.34. The van der Waals surface area contributed by atoms with Crippen LogP contribution >= 0.6 is 0 Å². The van der Waals surface area contributed by atoms with Gasteiger partial charge in [0.1, 0.15) is 5.71 Å². The summed E-state index contributed by atoms with van der Waals surface area (Å²) in [6.07, 6.45) is 7.61. The van der Waals surface area contributed by atoms with Gasteiger partial charge in [-0.15, -0.1) is 0 Å². The molecule has 0 radical (unpaired) electrons. The average molecular weight is 369 g/mol. The van der Waals surface area contributed by atoms with E-state index >= 15 is 0 Å². The molecular formula is C22H32N4O. The molecule has 0 spiro atoms. The van der Waals surface area contributed by atoms with E-state index in [-0.39, 0.29) is 23.5 Å². The van der Waals surface area contributed by atoms with E-state index in [1.165, 1.54) is 37.3 Å². The van der Waals surface area contributed by atoms with E-state index in [9.17, 15) is 4.79 Å². The Morgan fingerprint density at radius 2 is 1.96 bits per heavy atom. The van der Waals surface area contributed by atoms with Gasteiger partial charge in [-0.25, -0.2) is 0 Å². The van der Waals surface area contributed by atoms with Gasteiger partial charge in [0.2, 0.25) is 0 Å². The third-order valence-corrected chi connectivity index (χ3v) is 5.92. The van der Waals surface area contributed by atoms with Crippen LogP contribution in [-0.2, 0) is 4.79 Å². The minimum atomic E-state index is -0.232. The molecule has 1 saturated carbocycles. The number of hydrogen-bond donors (Lipinski definition) is 2. The number of allylic oxidation sites excluding steroid dienone is 1. The van der Waals surface area contributed by atoms with Gasteiger partial charge >= 0.3 is 0 Å². The number of likely N-dealkylation sites (tertiary alicyclic amines) is 1. The maximum atomic E-state index is 12.6. The van der Waals surface area contributed by atoms with Crippen LogP contribution in [0.2, 0.25) is 0 Å². The van der Waals surface area contributed by atoms with Crippen LogP contribution in [0, 0.1) is 18.3 Å². The standard InChI is InChI=1S/C22H32N4O/c1-14(2)19(23)12-20(24)22(27)26-9-8-17(13-26)21-11-18(10-15(3)25-21)16-6-4-5-7-16/h10-12,14,16-17,24H,4-9,13,23H2,1-3H3. The van der Waals surface area contributed by atoms with Crippen molar-refractivity contribution in [1.82, 2.24) is 9.88 Å². The second kappa shape index (κ2) is 8.24. The van der Waals surface area contributed by atoms with Crippen LogP contribution in [0.4, 0.5) is 0 Å². The highest BCUT2D eigenvalue weighted by Crippen LogP contribution is 2.36. The molecule has 1 aliphatic heterocycles. The Morgan fingerprint density at radius 1 is 1.26 bits per heavy atom. The van der Waals surface area contributed by atoms with Crippen LogP contribution in [0.15, 0.2) is 23.9 Å². The van der Waals surface area contributed by atoms with Crippen molar-refractivity contribution >= 4 is 11.6 Å². The minimum Gasteiger partial charge on any atom is -0.402 e. The van der Waals surface area contributed by atoms with Gasteiger partial charge in [0.05, 0.1) is 0 Å². The Labute approximate surface area is 162 Å². The highest BCUT2D eigenvalue weighted by Gasteiger charge is 2.30. The van der Waals surface area contributed by atoms with Gasteiger partial charge in [-0.05, 0) is 61.8 Å². The number of nitrogens with two attached hydrogens (primary N) is 1. The molecule has 1 aromatic heterocycles. The molecule has 0 bridgehead atoms. The number of carbonyl (C=O) groups excluding carboxylic acids is 1. The third-order valence-electron chi connectivity index (χ3n) is 5.92. The van der Waals surface area contributed by atoms with E-state index in [0.717, 1.165) is 17.8 Å². The molecule has 1 amide bonds. The van der Waals surface area contributed by atoms with Gasteiger partial charge in [0.15, 0.2) is 0 Å². The molecule has 5 nitrogen and oxygen atoms in total. The van der Waals surface area contributed by atoms with Crippen molar-refractivity contribution in [3.63, 3.8) is 0 Å². The zero-order chi connectivity index (χ0) is 19.6. The van der Waals surface area contributed by atoms with Crippen molar-refractivity contribution in [1.29, 1.82) is 5.41 Å². The summed E-state index contributed by atoms with van der Waals surface area (Å²) in [5, 5.41) is 8.07. The first-order chi connectivity index (χ1) is 12.8. The first-order valence-corrected chi connectivity index (χ1v) is 10.2. The number of aromatic nitrogens is 1. The number of rotatable bonds is 5. The van der Waals surface area contributed by atoms with Crippen LogP contribution in [0.5, 0.6) is 0 Å². The summed E-state index contributed by atoms with van der Waals surface area (Å²) in [7, 11) is 0. The molecule has 1 aromatic rings. The van der Waals surface area contributed by atoms with Gasteiger partial charge in [0, 0.05) is 36.1 Å². The molecule has 2 heterocycles. The Balaban J connectivity index is 1.70. The molecule has 2 fully saturated rings. The highest BCUT2D eigenvalue weighted by molar-refractivity contribution is 6.42. The molecule has 1 aliphatic carbocycles. The van der Waals surface area contributed by atoms with E-state index in [1.807, 2.05) is 13.8 Å². The summed E-state index contributed by atoms with van der Waals surface area (Å²) in [6, 6.07) is 4.50. The molecule has 146 valence electrons. The Kier molecular flexibility index (Phi) is 5.98. The molecule has 5 heteroatoms. The molecule has 3 rings (SSSR count). The SMILES string of the molecule is Cc1cc(C2CCCC2)cc(C2CCN(C(=O)C(=N)C=C(N)C(C)C)C2)n1. The minimum absolute atomic E-state index is 0.0225. The summed E-state index contributed by atoms with van der Waals surface area (Å²) in [6.45, 7) is 7.30. The second-order valence-electron chi connectivity index (χ2n) is 8.40. The third kappa shape index (κ3) is 4.57. The number of pyridine rings is 1. The fraction of sp³-hybridized carbons (Fsp3) is 0.591. The van der Waals surface area contributed by atoms with Crippen molar-refractivity contribution in [2.24, 2.45) is 11.7 Å². The van der Waals surface area contributed by atoms with Gasteiger partial charge in [-0.3, -0.25) is 15.2 Å². The molecule has 27 heavy (non-hydrogen) atoms. The topological polar surface area (TPSA) is 83.1 Å². The quantitative estimate of drug-likeness (QED) is 0.774. The predicted octanol–water partition coefficient (Wildman–Crippen LogP) is 3.88. The summed E-state index contributed by atoms with van der Waals surface area (Å²) < 4.78 is 0. The second-order valence-corrected chi connectivity index (χ2v) is 8.40. The van der Waals surface area contributed by atoms with Gasteiger partial charge in [-0.1, -0.05) is 26.7 Å². The number of carbonyl (C=O) groups is 1. The van der Waals surface area contributed by atoms with E-state index in [4.69, 9.17) is 16.1 Å². The normalized spacial score (nSPS) is 21.3. The Bertz CT molecular complexity index is 747. The molecule has 2 aliphatic rings. The summed E-state index contributed by atoms with van der Waals surface area (Å²) in [5.74, 6) is 0.829. The van der Waals surface area contributed by atoms with Crippen LogP contribution in [0.1, 0.15) is 74.7 Å². The molecule has 1 unspecified atom stereocenters. The maximum absolute atomic E-state index is 12.6. The summed E-state index contributed by atoms with van der Waals surface area (Å²) >= 11 is 0. The number of nitrogens with zero attached hydrogens (tertiary/aromatic N) is 2. The van der Waals surface area contributed by atoms with Crippen LogP contribution in [0.25, 0.3) is 0 Å². The highest BCUT2D eigenvalue weighted by atomic mass is 16.2. The summed E-state index contributed by atoms with van der Waals surface area (Å²) in [5.41, 5.74) is 10.1. The molecule has 1 saturated heterocycles. The van der Waals surface area contributed by atoms with Crippen molar-refractivity contribution in [3.05, 3.63) is 40.9 Å². The van der Waals surface area contributed by atoms with E-state index in [1.54, 1.807) is 4.90 Å². The molecule has 0 aromatic carbocycles. The summed E-state index contributed by atoms with van der Waals surface area (Å²) in [4.78, 5) is 19.2. The Morgan fingerprint density at radius 3 is 2.63 bits per heavy atom. The largest absolute Gasteiger partial charge is 0.402 e. The van der Waals surface area contributed by atoms with Crippen LogP contribution < -0.4 is 5.73 Å². The van der Waals surface area contributed by atoms with Crippen molar-refractivity contribution in [2.75, 3.05) is 13.1 Å². The average Bonchev–Trinajstić information content (AvgIpc) is 3.32. The fourth-order valence-corrected chi connectivity index (χ4v) is 4.18. The lowest BCUT2D eigenvalue weighted by molar-refractivity contribution is -0.123. The van der Waals surface area contributed by atoms with Crippen molar-refractivity contribution in [2.45, 2.75) is 64.7 Å². The number of aryl methyl sites for hydroxylation is 1. The van der Waals surface area contributed by atoms with Gasteiger partial charge in [-0.2, -0.15) is 0 Å². The zero-order valence-corrected chi connectivity index (χ0v) is 16.8. The van der Waals surface area contributed by atoms with Crippen LogP contribution in [0.3, 0.4) is 0 Å². The van der Waals surface area contributed by atoms with E-state index in [0.29, 0.717) is 24.7 Å². The van der Waals surface area contributed by atoms with Gasteiger partial charge in [0.25, 0.3) is 5.91 Å². The first kappa shape index (κ1) is 19.6. The van der Waals surface area contributed by atoms with Crippen molar-refractivity contribution in [3.8, 4) is 0 Å². The predicted molar refractivity (Wildman–Crippen MR) is 109 cm³/mol. The van der Waals surface area contributed by atoms with Crippen molar-refractivity contribution < 1.29 is 4.79 Å². The Hall–Kier alpha value is -2.17. The van der Waals surface area contributed by atoms with Crippen LogP contribution in [-0.4, -0.2) is 34.6 Å². The zero-order valence-electron chi connectivity index (χ0n) is 16.8. The van der Waals surface area contributed by atoms with Gasteiger partial charge < -0.3 is 10.6 Å². The molecular weight excluding hydrogens is 336 g/mol. The molecule has 1 atom stereocenters. The van der Waals surface area contributed by atoms with E-state index in [2.05, 4.69) is 19.1 Å². The van der Waals surface area contributed by atoms with E-state index < -0.39 is 0 Å². The number of amides is 1. The monoisotopic (exact) mass is 368 g/mol.